The van der Waals surface area contributed by atoms with Crippen LogP contribution in [0.25, 0.3) is 16.7 Å². The standard InChI is InChI=1S/C18H21N3O/c1-5-18(3,4)13-10-12(2)11-16(17(13)22)21-19-14-8-6-7-9-15(14)20(19)21/h6-11,22H,5H2,1-4H3. The molecule has 1 N–H and O–H groups in total. The maximum absolute atomic E-state index is 10.8. The molecule has 4 heteroatoms. The summed E-state index contributed by atoms with van der Waals surface area (Å²) in [6, 6.07) is 12.4. The summed E-state index contributed by atoms with van der Waals surface area (Å²) in [4.78, 5) is 2.03. The van der Waals surface area contributed by atoms with Crippen LogP contribution in [0.4, 0.5) is 0 Å². The van der Waals surface area contributed by atoms with Crippen molar-refractivity contribution in [3.8, 4) is 11.4 Å². The fraction of sp³-hybridized carbons (Fsp3) is 0.333. The van der Waals surface area contributed by atoms with E-state index in [0.29, 0.717) is 5.75 Å². The molecule has 0 aliphatic heterocycles. The number of aromatic hydroxyl groups is 1. The summed E-state index contributed by atoms with van der Waals surface area (Å²) in [5.41, 5.74) is 5.36. The van der Waals surface area contributed by atoms with Crippen molar-refractivity contribution >= 4 is 11.0 Å². The predicted molar refractivity (Wildman–Crippen MR) is 88.6 cm³/mol. The number of hydrogen-bond donors (Lipinski definition) is 1. The molecular weight excluding hydrogens is 274 g/mol. The second kappa shape index (κ2) is 4.09. The lowest BCUT2D eigenvalue weighted by Gasteiger charge is -2.25. The summed E-state index contributed by atoms with van der Waals surface area (Å²) in [6.07, 6.45) is 0.983. The molecule has 0 radical (unpaired) electrons. The predicted octanol–water partition coefficient (Wildman–Crippen LogP) is 4.12. The van der Waals surface area contributed by atoms with Crippen molar-refractivity contribution < 1.29 is 5.11 Å². The van der Waals surface area contributed by atoms with Crippen LogP contribution in [0, 0.1) is 6.92 Å². The van der Waals surface area contributed by atoms with Crippen molar-refractivity contribution in [1.29, 1.82) is 0 Å². The van der Waals surface area contributed by atoms with Gasteiger partial charge in [-0.3, -0.25) is 0 Å². The average Bonchev–Trinajstić information content (AvgIpc) is 3.15. The second-order valence-electron chi connectivity index (χ2n) is 6.77. The maximum Gasteiger partial charge on any atom is 0.146 e. The van der Waals surface area contributed by atoms with Crippen LogP contribution in [0.2, 0.25) is 0 Å². The van der Waals surface area contributed by atoms with E-state index in [4.69, 9.17) is 0 Å². The molecule has 0 saturated heterocycles. The van der Waals surface area contributed by atoms with Crippen molar-refractivity contribution in [2.75, 3.05) is 0 Å². The zero-order valence-corrected chi connectivity index (χ0v) is 13.5. The van der Waals surface area contributed by atoms with Gasteiger partial charge in [0.25, 0.3) is 0 Å². The molecule has 2 heterocycles. The van der Waals surface area contributed by atoms with E-state index in [2.05, 4.69) is 55.2 Å². The molecule has 0 saturated carbocycles. The minimum Gasteiger partial charge on any atom is -0.505 e. The summed E-state index contributed by atoms with van der Waals surface area (Å²) in [5, 5.41) is 10.8. The lowest BCUT2D eigenvalue weighted by molar-refractivity contribution is 0.426. The molecule has 114 valence electrons. The number of para-hydroxylation sites is 2. The van der Waals surface area contributed by atoms with Crippen molar-refractivity contribution in [2.24, 2.45) is 0 Å². The first kappa shape index (κ1) is 13.3. The minimum absolute atomic E-state index is 0.0442. The highest BCUT2D eigenvalue weighted by Gasteiger charge is 2.29. The van der Waals surface area contributed by atoms with Gasteiger partial charge in [-0.05, 0) is 42.5 Å². The van der Waals surface area contributed by atoms with Gasteiger partial charge in [-0.2, -0.15) is 0 Å². The Morgan fingerprint density at radius 3 is 2.18 bits per heavy atom. The molecule has 0 unspecified atom stereocenters. The van der Waals surface area contributed by atoms with Crippen LogP contribution >= 0.6 is 0 Å². The maximum atomic E-state index is 10.8. The van der Waals surface area contributed by atoms with Gasteiger partial charge in [-0.1, -0.05) is 39.0 Å². The van der Waals surface area contributed by atoms with Crippen LogP contribution in [0.5, 0.6) is 5.75 Å². The minimum atomic E-state index is -0.0442. The third-order valence-electron chi connectivity index (χ3n) is 4.88. The third kappa shape index (κ3) is 1.58. The number of rotatable bonds is 3. The van der Waals surface area contributed by atoms with E-state index in [1.807, 2.05) is 23.0 Å². The van der Waals surface area contributed by atoms with Crippen LogP contribution in [0.3, 0.4) is 0 Å². The Morgan fingerprint density at radius 1 is 1.05 bits per heavy atom. The van der Waals surface area contributed by atoms with Crippen molar-refractivity contribution in [2.45, 2.75) is 39.5 Å². The van der Waals surface area contributed by atoms with E-state index in [0.717, 1.165) is 17.7 Å². The van der Waals surface area contributed by atoms with E-state index in [1.54, 1.807) is 0 Å². The van der Waals surface area contributed by atoms with Crippen LogP contribution in [0.1, 0.15) is 38.3 Å². The summed E-state index contributed by atoms with van der Waals surface area (Å²) in [6.45, 7) is 8.60. The Labute approximate surface area is 129 Å². The van der Waals surface area contributed by atoms with Gasteiger partial charge in [0, 0.05) is 5.56 Å². The molecule has 0 atom stereocenters. The molecule has 22 heavy (non-hydrogen) atoms. The molecule has 2 aromatic heterocycles. The Hall–Kier alpha value is -2.36. The largest absolute Gasteiger partial charge is 0.505 e. The first-order valence-corrected chi connectivity index (χ1v) is 7.79. The molecule has 0 aliphatic rings. The first-order chi connectivity index (χ1) is 10.5. The van der Waals surface area contributed by atoms with Gasteiger partial charge >= 0.3 is 0 Å². The third-order valence-corrected chi connectivity index (χ3v) is 4.88. The van der Waals surface area contributed by atoms with Gasteiger partial charge in [0.1, 0.15) is 22.5 Å². The number of aromatic nitrogens is 3. The van der Waals surface area contributed by atoms with Crippen molar-refractivity contribution in [1.82, 2.24) is 14.1 Å². The van der Waals surface area contributed by atoms with Crippen LogP contribution < -0.4 is 0 Å². The van der Waals surface area contributed by atoms with Gasteiger partial charge in [0.15, 0.2) is 0 Å². The van der Waals surface area contributed by atoms with Gasteiger partial charge in [-0.15, -0.1) is 14.1 Å². The summed E-state index contributed by atoms with van der Waals surface area (Å²) in [5.74, 6) is 0.387. The lowest BCUT2D eigenvalue weighted by Crippen LogP contribution is -2.16. The number of phenolic OH excluding ortho intramolecular Hbond substituents is 1. The number of benzene rings is 2. The van der Waals surface area contributed by atoms with Crippen LogP contribution in [-0.4, -0.2) is 19.2 Å². The van der Waals surface area contributed by atoms with Crippen molar-refractivity contribution in [3.63, 3.8) is 0 Å². The Kier molecular flexibility index (Phi) is 2.48. The van der Waals surface area contributed by atoms with Crippen molar-refractivity contribution in [3.05, 3.63) is 47.5 Å². The Bertz CT molecular complexity index is 925. The molecule has 4 rings (SSSR count). The Balaban J connectivity index is 1.94. The fourth-order valence-electron chi connectivity index (χ4n) is 3.12. The number of phenols is 1. The zero-order chi connectivity index (χ0) is 15.6. The number of aryl methyl sites for hydroxylation is 1. The Morgan fingerprint density at radius 2 is 1.64 bits per heavy atom. The zero-order valence-electron chi connectivity index (χ0n) is 13.5. The average molecular weight is 295 g/mol. The van der Waals surface area contributed by atoms with Gasteiger partial charge < -0.3 is 5.11 Å². The number of hydrogen-bond acceptors (Lipinski definition) is 1. The van der Waals surface area contributed by atoms with E-state index in [9.17, 15) is 5.11 Å². The van der Waals surface area contributed by atoms with E-state index < -0.39 is 0 Å². The molecule has 4 aromatic rings. The van der Waals surface area contributed by atoms with E-state index in [1.165, 1.54) is 16.6 Å². The topological polar surface area (TPSA) is 34.0 Å². The quantitative estimate of drug-likeness (QED) is 0.606. The van der Waals surface area contributed by atoms with E-state index >= 15 is 0 Å². The SMILES string of the molecule is CCC(C)(C)c1cc(C)cc(-n2n3c4ccccc4n23)c1O. The van der Waals surface area contributed by atoms with Crippen LogP contribution in [0.15, 0.2) is 36.4 Å². The molecule has 0 fully saturated rings. The molecule has 4 nitrogen and oxygen atoms in total. The van der Waals surface area contributed by atoms with Gasteiger partial charge in [0.05, 0.1) is 0 Å². The number of fused-ring (bicyclic) bond motifs is 4. The molecule has 0 aliphatic carbocycles. The van der Waals surface area contributed by atoms with Gasteiger partial charge in [-0.25, -0.2) is 0 Å². The first-order valence-electron chi connectivity index (χ1n) is 7.79. The van der Waals surface area contributed by atoms with E-state index in [-0.39, 0.29) is 5.41 Å². The van der Waals surface area contributed by atoms with Crippen LogP contribution in [-0.2, 0) is 5.41 Å². The summed E-state index contributed by atoms with van der Waals surface area (Å²) >= 11 is 0. The second-order valence-corrected chi connectivity index (χ2v) is 6.77. The lowest BCUT2D eigenvalue weighted by atomic mass is 9.81. The molecule has 0 bridgehead atoms. The smallest absolute Gasteiger partial charge is 0.146 e. The molecule has 2 aromatic carbocycles. The molecular formula is C18H21N3O. The summed E-state index contributed by atoms with van der Waals surface area (Å²) < 4.78 is 4.15. The highest BCUT2D eigenvalue weighted by molar-refractivity contribution is 5.79. The molecule has 0 spiro atoms. The monoisotopic (exact) mass is 295 g/mol. The highest BCUT2D eigenvalue weighted by atomic mass is 16.3. The normalized spacial score (nSPS) is 12.9. The summed E-state index contributed by atoms with van der Waals surface area (Å²) in [7, 11) is 0. The fourth-order valence-corrected chi connectivity index (χ4v) is 3.12. The number of nitrogens with zero attached hydrogens (tertiary/aromatic N) is 3. The highest BCUT2D eigenvalue weighted by Crippen LogP contribution is 2.40. The van der Waals surface area contributed by atoms with Gasteiger partial charge in [0.2, 0.25) is 0 Å². The molecule has 0 amide bonds.